The lowest BCUT2D eigenvalue weighted by molar-refractivity contribution is -0.252. The molecule has 10 heteroatoms. The van der Waals surface area contributed by atoms with Crippen LogP contribution in [0.3, 0.4) is 0 Å². The van der Waals surface area contributed by atoms with Crippen molar-refractivity contribution in [2.45, 2.75) is 93.8 Å². The molecule has 0 spiro atoms. The second kappa shape index (κ2) is 9.51. The Kier molecular flexibility index (Phi) is 8.61. The summed E-state index contributed by atoms with van der Waals surface area (Å²) in [5.74, 6) is 0. The maximum atomic E-state index is 10.2. The molecule has 0 radical (unpaired) electrons. The molecule has 0 saturated carbocycles. The molecule has 1 aliphatic rings. The molecule has 10 nitrogen and oxygen atoms in total. The van der Waals surface area contributed by atoms with Crippen molar-refractivity contribution in [3.63, 3.8) is 0 Å². The molecular formula is C15H30O10. The first-order valence-electron chi connectivity index (χ1n) is 8.25. The largest absolute Gasteiger partial charge is 0.391 e. The Balaban J connectivity index is 2.79. The van der Waals surface area contributed by atoms with Crippen LogP contribution in [0.1, 0.15) is 26.7 Å². The number of ether oxygens (including phenoxy) is 1. The first-order chi connectivity index (χ1) is 11.5. The molecule has 1 heterocycles. The monoisotopic (exact) mass is 370 g/mol. The predicted molar refractivity (Wildman–Crippen MR) is 83.3 cm³/mol. The van der Waals surface area contributed by atoms with E-state index in [-0.39, 0.29) is 6.42 Å². The van der Waals surface area contributed by atoms with Gasteiger partial charge in [0.25, 0.3) is 0 Å². The van der Waals surface area contributed by atoms with E-state index in [1.165, 1.54) is 13.8 Å². The van der Waals surface area contributed by atoms with Crippen LogP contribution in [-0.2, 0) is 4.74 Å². The molecule has 9 N–H and O–H groups in total. The van der Waals surface area contributed by atoms with Gasteiger partial charge in [-0.3, -0.25) is 0 Å². The normalized spacial score (nSPS) is 37.8. The van der Waals surface area contributed by atoms with E-state index in [4.69, 9.17) is 4.74 Å². The lowest BCUT2D eigenvalue weighted by Crippen LogP contribution is -2.61. The maximum absolute atomic E-state index is 10.2. The number of aliphatic hydroxyl groups excluding tert-OH is 9. The highest BCUT2D eigenvalue weighted by Gasteiger charge is 2.47. The van der Waals surface area contributed by atoms with Crippen LogP contribution in [0, 0.1) is 0 Å². The van der Waals surface area contributed by atoms with Crippen molar-refractivity contribution in [2.24, 2.45) is 0 Å². The van der Waals surface area contributed by atoms with Gasteiger partial charge >= 0.3 is 0 Å². The van der Waals surface area contributed by atoms with Gasteiger partial charge < -0.3 is 50.7 Å². The third kappa shape index (κ3) is 5.79. The molecule has 11 atom stereocenters. The van der Waals surface area contributed by atoms with Crippen LogP contribution in [0.4, 0.5) is 0 Å². The van der Waals surface area contributed by atoms with Gasteiger partial charge in [-0.25, -0.2) is 0 Å². The lowest BCUT2D eigenvalue weighted by atomic mass is 9.87. The van der Waals surface area contributed by atoms with Crippen molar-refractivity contribution in [1.82, 2.24) is 0 Å². The number of hydrogen-bond donors (Lipinski definition) is 9. The third-order valence-electron chi connectivity index (χ3n) is 4.53. The Labute approximate surface area is 145 Å². The molecule has 25 heavy (non-hydrogen) atoms. The Morgan fingerprint density at radius 2 is 1.32 bits per heavy atom. The Morgan fingerprint density at radius 1 is 0.760 bits per heavy atom. The van der Waals surface area contributed by atoms with Crippen molar-refractivity contribution in [1.29, 1.82) is 0 Å². The zero-order chi connectivity index (χ0) is 19.5. The van der Waals surface area contributed by atoms with Gasteiger partial charge in [-0.15, -0.1) is 0 Å². The molecule has 0 aromatic carbocycles. The Hall–Kier alpha value is -0.400. The first-order valence-corrected chi connectivity index (χ1v) is 8.25. The van der Waals surface area contributed by atoms with E-state index in [0.717, 1.165) is 0 Å². The summed E-state index contributed by atoms with van der Waals surface area (Å²) in [4.78, 5) is 0. The Bertz CT molecular complexity index is 393. The fourth-order valence-electron chi connectivity index (χ4n) is 2.77. The summed E-state index contributed by atoms with van der Waals surface area (Å²) in [5.41, 5.74) is 0. The molecule has 1 fully saturated rings. The summed E-state index contributed by atoms with van der Waals surface area (Å²) in [5, 5.41) is 87.7. The molecule has 0 aliphatic carbocycles. The molecule has 1 aliphatic heterocycles. The molecule has 0 aromatic heterocycles. The second-order valence-electron chi connectivity index (χ2n) is 6.76. The molecule has 150 valence electrons. The highest BCUT2D eigenvalue weighted by molar-refractivity contribution is 4.96. The van der Waals surface area contributed by atoms with Gasteiger partial charge in [0, 0.05) is 12.8 Å². The van der Waals surface area contributed by atoms with Crippen LogP contribution in [0.5, 0.6) is 0 Å². The van der Waals surface area contributed by atoms with Crippen LogP contribution in [-0.4, -0.2) is 113 Å². The summed E-state index contributed by atoms with van der Waals surface area (Å²) in [6, 6.07) is 0. The van der Waals surface area contributed by atoms with E-state index < -0.39 is 73.6 Å². The molecule has 0 aromatic rings. The molecular weight excluding hydrogens is 340 g/mol. The SMILES string of the molecule is C[C@@H](O)[C@H](O)[C@H](O)C[C@@H](O)C1O[C@H](C[C@@H](O)[C@@H](C)O)[C@H](O)[C@@H](O)[C@@H]1O. The number of rotatable bonds is 8. The minimum absolute atomic E-state index is 0.259. The fourth-order valence-corrected chi connectivity index (χ4v) is 2.77. The van der Waals surface area contributed by atoms with Crippen molar-refractivity contribution >= 4 is 0 Å². The molecule has 1 saturated heterocycles. The van der Waals surface area contributed by atoms with E-state index in [2.05, 4.69) is 0 Å². The minimum Gasteiger partial charge on any atom is -0.391 e. The van der Waals surface area contributed by atoms with E-state index in [9.17, 15) is 46.0 Å². The quantitative estimate of drug-likeness (QED) is 0.202. The molecule has 0 bridgehead atoms. The minimum atomic E-state index is -1.68. The van der Waals surface area contributed by atoms with Crippen LogP contribution < -0.4 is 0 Å². The summed E-state index contributed by atoms with van der Waals surface area (Å²) in [7, 11) is 0. The standard InChI is InChI=1S/C15H30O10/c1-5(16)7(18)4-10-12(22)13(23)14(24)15(25-10)9(20)3-8(19)11(21)6(2)17/h5-24H,3-4H2,1-2H3/t5-,6-,7-,8-,9-,10-,11+,12+,13-,14+,15?/m1/s1. The molecule has 0 amide bonds. The zero-order valence-corrected chi connectivity index (χ0v) is 14.2. The van der Waals surface area contributed by atoms with Gasteiger partial charge in [-0.05, 0) is 13.8 Å². The highest BCUT2D eigenvalue weighted by Crippen LogP contribution is 2.28. The van der Waals surface area contributed by atoms with E-state index in [0.29, 0.717) is 0 Å². The van der Waals surface area contributed by atoms with Crippen LogP contribution in [0.15, 0.2) is 0 Å². The highest BCUT2D eigenvalue weighted by atomic mass is 16.5. The zero-order valence-electron chi connectivity index (χ0n) is 14.2. The van der Waals surface area contributed by atoms with Gasteiger partial charge in [0.2, 0.25) is 0 Å². The van der Waals surface area contributed by atoms with Crippen molar-refractivity contribution in [2.75, 3.05) is 0 Å². The van der Waals surface area contributed by atoms with Gasteiger partial charge in [0.05, 0.1) is 36.6 Å². The van der Waals surface area contributed by atoms with Gasteiger partial charge in [0.15, 0.2) is 0 Å². The van der Waals surface area contributed by atoms with E-state index in [1.807, 2.05) is 0 Å². The Morgan fingerprint density at radius 3 is 1.80 bits per heavy atom. The second-order valence-corrected chi connectivity index (χ2v) is 6.76. The van der Waals surface area contributed by atoms with Crippen LogP contribution in [0.25, 0.3) is 0 Å². The summed E-state index contributed by atoms with van der Waals surface area (Å²) in [6.07, 6.45) is -16.5. The smallest absolute Gasteiger partial charge is 0.112 e. The summed E-state index contributed by atoms with van der Waals surface area (Å²) >= 11 is 0. The van der Waals surface area contributed by atoms with Crippen molar-refractivity contribution in [3.05, 3.63) is 0 Å². The van der Waals surface area contributed by atoms with Gasteiger partial charge in [-0.1, -0.05) is 0 Å². The van der Waals surface area contributed by atoms with E-state index >= 15 is 0 Å². The third-order valence-corrected chi connectivity index (χ3v) is 4.53. The van der Waals surface area contributed by atoms with Crippen molar-refractivity contribution < 1.29 is 50.7 Å². The average molecular weight is 370 g/mol. The predicted octanol–water partition coefficient (Wildman–Crippen LogP) is -4.18. The lowest BCUT2D eigenvalue weighted by Gasteiger charge is -2.43. The first kappa shape index (κ1) is 22.6. The average Bonchev–Trinajstić information content (AvgIpc) is 2.53. The maximum Gasteiger partial charge on any atom is 0.112 e. The number of aliphatic hydroxyl groups is 9. The summed E-state index contributed by atoms with van der Waals surface area (Å²) < 4.78 is 5.37. The van der Waals surface area contributed by atoms with Gasteiger partial charge in [-0.2, -0.15) is 0 Å². The number of hydrogen-bond acceptors (Lipinski definition) is 10. The van der Waals surface area contributed by atoms with Crippen molar-refractivity contribution in [3.8, 4) is 0 Å². The summed E-state index contributed by atoms with van der Waals surface area (Å²) in [6.45, 7) is 2.57. The van der Waals surface area contributed by atoms with E-state index in [1.54, 1.807) is 0 Å². The van der Waals surface area contributed by atoms with Crippen LogP contribution in [0.2, 0.25) is 0 Å². The molecule has 1 unspecified atom stereocenters. The topological polar surface area (TPSA) is 191 Å². The van der Waals surface area contributed by atoms with Gasteiger partial charge in [0.1, 0.15) is 30.5 Å². The molecule has 1 rings (SSSR count). The fraction of sp³-hybridized carbons (Fsp3) is 1.00. The van der Waals surface area contributed by atoms with Crippen LogP contribution >= 0.6 is 0 Å².